The molecule has 1 aromatic carbocycles. The van der Waals surface area contributed by atoms with Gasteiger partial charge in [-0.1, -0.05) is 59.0 Å². The first kappa shape index (κ1) is 19.9. The largest absolute Gasteiger partial charge is 0.430 e. The van der Waals surface area contributed by atoms with Gasteiger partial charge in [0.15, 0.2) is 0 Å². The highest BCUT2D eigenvalue weighted by atomic mass is 127. The third-order valence-corrected chi connectivity index (χ3v) is 6.50. The molecule has 0 aromatic heterocycles. The lowest BCUT2D eigenvalue weighted by Gasteiger charge is -2.49. The molecule has 8 heteroatoms. The van der Waals surface area contributed by atoms with Crippen molar-refractivity contribution in [2.75, 3.05) is 10.2 Å². The molecule has 0 aliphatic carbocycles. The predicted octanol–water partition coefficient (Wildman–Crippen LogP) is 2.39. The van der Waals surface area contributed by atoms with Crippen molar-refractivity contribution >= 4 is 52.1 Å². The van der Waals surface area contributed by atoms with E-state index in [2.05, 4.69) is 27.9 Å². The molecule has 0 bridgehead atoms. The third kappa shape index (κ3) is 4.21. The molecule has 142 valence electrons. The summed E-state index contributed by atoms with van der Waals surface area (Å²) >= 11 is 3.73. The van der Waals surface area contributed by atoms with Gasteiger partial charge in [-0.15, -0.1) is 11.8 Å². The van der Waals surface area contributed by atoms with E-state index in [1.165, 1.54) is 11.2 Å². The van der Waals surface area contributed by atoms with E-state index in [4.69, 9.17) is 4.74 Å². The summed E-state index contributed by atoms with van der Waals surface area (Å²) in [6, 6.07) is 8.75. The Hall–Kier alpha value is -1.81. The van der Waals surface area contributed by atoms with Gasteiger partial charge in [-0.2, -0.15) is 0 Å². The number of nitrogens with one attached hydrogen (secondary N) is 1. The minimum absolute atomic E-state index is 0.207. The lowest BCUT2D eigenvalue weighted by molar-refractivity contribution is -0.150. The number of allylic oxidation sites excluding steroid dienone is 1. The maximum Gasteiger partial charge on any atom is 0.359 e. The van der Waals surface area contributed by atoms with Crippen molar-refractivity contribution in [3.05, 3.63) is 59.5 Å². The molecule has 0 spiro atoms. The zero-order valence-corrected chi connectivity index (χ0v) is 17.7. The van der Waals surface area contributed by atoms with Crippen LogP contribution in [-0.4, -0.2) is 44.3 Å². The lowest BCUT2D eigenvalue weighted by Crippen LogP contribution is -2.70. The van der Waals surface area contributed by atoms with Gasteiger partial charge in [0, 0.05) is 10.2 Å². The minimum Gasteiger partial charge on any atom is -0.430 e. The molecule has 2 heterocycles. The van der Waals surface area contributed by atoms with Crippen molar-refractivity contribution in [3.63, 3.8) is 0 Å². The second kappa shape index (κ2) is 8.92. The van der Waals surface area contributed by atoms with Gasteiger partial charge in [-0.3, -0.25) is 14.5 Å². The van der Waals surface area contributed by atoms with Crippen LogP contribution < -0.4 is 5.32 Å². The van der Waals surface area contributed by atoms with Crippen LogP contribution in [0.15, 0.2) is 53.9 Å². The molecule has 1 aromatic rings. The summed E-state index contributed by atoms with van der Waals surface area (Å²) in [5, 5.41) is 2.53. The number of thioether (sulfide) groups is 1. The van der Waals surface area contributed by atoms with E-state index in [0.717, 1.165) is 11.1 Å². The van der Waals surface area contributed by atoms with E-state index in [9.17, 15) is 14.4 Å². The number of esters is 1. The van der Waals surface area contributed by atoms with Gasteiger partial charge in [-0.05, 0) is 18.1 Å². The molecular weight excluding hydrogens is 479 g/mol. The number of alkyl halides is 1. The van der Waals surface area contributed by atoms with E-state index in [1.807, 2.05) is 30.3 Å². The van der Waals surface area contributed by atoms with Crippen LogP contribution in [-0.2, 0) is 25.5 Å². The van der Waals surface area contributed by atoms with Crippen LogP contribution in [0.5, 0.6) is 0 Å². The van der Waals surface area contributed by atoms with Gasteiger partial charge < -0.3 is 10.1 Å². The fraction of sp³-hybridized carbons (Fsp3) is 0.316. The highest BCUT2D eigenvalue weighted by Gasteiger charge is 2.54. The summed E-state index contributed by atoms with van der Waals surface area (Å²) in [4.78, 5) is 38.8. The highest BCUT2D eigenvalue weighted by molar-refractivity contribution is 14.1. The Balaban J connectivity index is 1.70. The molecule has 6 nitrogen and oxygen atoms in total. The molecule has 1 fully saturated rings. The average molecular weight is 498 g/mol. The normalized spacial score (nSPS) is 21.7. The van der Waals surface area contributed by atoms with Crippen LogP contribution in [0.25, 0.3) is 0 Å². The van der Waals surface area contributed by atoms with Crippen LogP contribution >= 0.6 is 34.4 Å². The first-order chi connectivity index (χ1) is 13.1. The van der Waals surface area contributed by atoms with E-state index < -0.39 is 12.0 Å². The number of carbonyl (C=O) groups excluding carboxylic acids is 3. The van der Waals surface area contributed by atoms with Crippen molar-refractivity contribution < 1.29 is 19.1 Å². The number of hydrogen-bond acceptors (Lipinski definition) is 5. The van der Waals surface area contributed by atoms with Gasteiger partial charge in [0.05, 0.1) is 12.7 Å². The van der Waals surface area contributed by atoms with E-state index in [-0.39, 0.29) is 23.6 Å². The molecule has 3 rings (SSSR count). The number of β-lactam (4-membered cyclic amide) rings is 1. The highest BCUT2D eigenvalue weighted by Crippen LogP contribution is 2.41. The monoisotopic (exact) mass is 498 g/mol. The predicted molar refractivity (Wildman–Crippen MR) is 112 cm³/mol. The summed E-state index contributed by atoms with van der Waals surface area (Å²) in [6.07, 6.45) is 3.13. The standard InChI is InChI=1S/C19H19IN2O4S/c1-2-8-26-19(25)16-13(10-20)11-27-18-15(17(24)22(16)18)21-14(23)9-12-6-4-3-5-7-12/h2-8,15,18H,9-11H2,1H3,(H,21,23)/b8-2+. The average Bonchev–Trinajstić information content (AvgIpc) is 2.69. The Morgan fingerprint density at radius 2 is 2.11 bits per heavy atom. The molecular formula is C19H19IN2O4S. The fourth-order valence-electron chi connectivity index (χ4n) is 2.97. The quantitative estimate of drug-likeness (QED) is 0.215. The Labute approximate surface area is 175 Å². The molecule has 1 N–H and O–H groups in total. The van der Waals surface area contributed by atoms with Crippen LogP contribution in [0.2, 0.25) is 0 Å². The number of benzene rings is 1. The Morgan fingerprint density at radius 3 is 2.78 bits per heavy atom. The van der Waals surface area contributed by atoms with Crippen molar-refractivity contribution in [2.45, 2.75) is 24.8 Å². The summed E-state index contributed by atoms with van der Waals surface area (Å²) in [6.45, 7) is 1.74. The van der Waals surface area contributed by atoms with Crippen molar-refractivity contribution in [2.24, 2.45) is 0 Å². The van der Waals surface area contributed by atoms with Crippen LogP contribution in [0, 0.1) is 0 Å². The molecule has 0 radical (unpaired) electrons. The molecule has 2 atom stereocenters. The van der Waals surface area contributed by atoms with Crippen molar-refractivity contribution in [1.82, 2.24) is 10.2 Å². The summed E-state index contributed by atoms with van der Waals surface area (Å²) in [7, 11) is 0. The zero-order valence-electron chi connectivity index (χ0n) is 14.7. The number of ether oxygens (including phenoxy) is 1. The molecule has 27 heavy (non-hydrogen) atoms. The fourth-order valence-corrected chi connectivity index (χ4v) is 5.31. The molecule has 2 unspecified atom stereocenters. The van der Waals surface area contributed by atoms with Crippen LogP contribution in [0.3, 0.4) is 0 Å². The number of amides is 2. The molecule has 2 amide bonds. The van der Waals surface area contributed by atoms with E-state index in [1.54, 1.807) is 24.8 Å². The van der Waals surface area contributed by atoms with Crippen LogP contribution in [0.4, 0.5) is 0 Å². The lowest BCUT2D eigenvalue weighted by atomic mass is 10.0. The second-order valence-electron chi connectivity index (χ2n) is 6.08. The minimum atomic E-state index is -0.619. The van der Waals surface area contributed by atoms with Gasteiger partial charge in [0.25, 0.3) is 5.91 Å². The van der Waals surface area contributed by atoms with Gasteiger partial charge in [0.2, 0.25) is 5.91 Å². The number of nitrogens with zero attached hydrogens (tertiary/aromatic N) is 1. The molecule has 0 saturated carbocycles. The first-order valence-corrected chi connectivity index (χ1v) is 11.0. The smallest absolute Gasteiger partial charge is 0.359 e. The first-order valence-electron chi connectivity index (χ1n) is 8.45. The topological polar surface area (TPSA) is 75.7 Å². The maximum atomic E-state index is 12.7. The Kier molecular flexibility index (Phi) is 6.59. The number of fused-ring (bicyclic) bond motifs is 1. The molecule has 2 aliphatic rings. The van der Waals surface area contributed by atoms with Gasteiger partial charge in [0.1, 0.15) is 17.1 Å². The van der Waals surface area contributed by atoms with Gasteiger partial charge >= 0.3 is 5.97 Å². The van der Waals surface area contributed by atoms with Gasteiger partial charge in [-0.25, -0.2) is 4.79 Å². The SMILES string of the molecule is C/C=C/OC(=O)C1=C(CI)CSC2C(NC(=O)Cc3ccccc3)C(=O)N12. The number of halogens is 1. The second-order valence-corrected chi connectivity index (χ2v) is 7.95. The third-order valence-electron chi connectivity index (χ3n) is 4.24. The molecule has 1 saturated heterocycles. The van der Waals surface area contributed by atoms with E-state index >= 15 is 0 Å². The summed E-state index contributed by atoms with van der Waals surface area (Å²) in [5.41, 5.74) is 2.07. The summed E-state index contributed by atoms with van der Waals surface area (Å²) in [5.74, 6) is -0.389. The number of hydrogen-bond donors (Lipinski definition) is 1. The Bertz CT molecular complexity index is 809. The van der Waals surface area contributed by atoms with Crippen molar-refractivity contribution in [1.29, 1.82) is 0 Å². The van der Waals surface area contributed by atoms with Crippen LogP contribution in [0.1, 0.15) is 12.5 Å². The summed E-state index contributed by atoms with van der Waals surface area (Å²) < 4.78 is 5.72. The van der Waals surface area contributed by atoms with Crippen molar-refractivity contribution in [3.8, 4) is 0 Å². The number of rotatable bonds is 6. The Morgan fingerprint density at radius 1 is 1.37 bits per heavy atom. The number of carbonyl (C=O) groups is 3. The van der Waals surface area contributed by atoms with E-state index in [0.29, 0.717) is 15.9 Å². The molecule has 2 aliphatic heterocycles. The zero-order chi connectivity index (χ0) is 19.4. The maximum absolute atomic E-state index is 12.7.